The smallest absolute Gasteiger partial charge is 0.296 e. The summed E-state index contributed by atoms with van der Waals surface area (Å²) in [7, 11) is 3.15. The van der Waals surface area contributed by atoms with Gasteiger partial charge in [0, 0.05) is 12.1 Å². The van der Waals surface area contributed by atoms with Crippen LogP contribution in [-0.2, 0) is 16.1 Å². The summed E-state index contributed by atoms with van der Waals surface area (Å²) in [6.45, 7) is 3.82. The zero-order valence-corrected chi connectivity index (χ0v) is 18.9. The number of nitrogens with zero attached hydrogens (tertiary/aromatic N) is 1. The lowest BCUT2D eigenvalue weighted by molar-refractivity contribution is -0.140. The summed E-state index contributed by atoms with van der Waals surface area (Å²) in [6, 6.07) is 13.3. The van der Waals surface area contributed by atoms with Gasteiger partial charge in [-0.05, 0) is 66.9 Å². The van der Waals surface area contributed by atoms with Crippen molar-refractivity contribution in [1.29, 1.82) is 0 Å². The normalized spacial score (nSPS) is 17.5. The molecule has 1 aliphatic heterocycles. The zero-order chi connectivity index (χ0) is 23.7. The number of carbonyl (C=O) groups excluding carboxylic acids is 2. The molecule has 7 nitrogen and oxygen atoms in total. The number of rotatable bonds is 6. The van der Waals surface area contributed by atoms with Crippen molar-refractivity contribution in [3.63, 3.8) is 0 Å². The van der Waals surface area contributed by atoms with E-state index in [2.05, 4.69) is 0 Å². The van der Waals surface area contributed by atoms with E-state index in [1.807, 2.05) is 26.0 Å². The van der Waals surface area contributed by atoms with Crippen LogP contribution in [0.4, 0.5) is 0 Å². The van der Waals surface area contributed by atoms with Gasteiger partial charge in [-0.1, -0.05) is 12.1 Å². The molecule has 170 valence electrons. The van der Waals surface area contributed by atoms with Crippen molar-refractivity contribution in [3.05, 3.63) is 88.4 Å². The van der Waals surface area contributed by atoms with Gasteiger partial charge >= 0.3 is 0 Å². The zero-order valence-electron chi connectivity index (χ0n) is 18.9. The average Bonchev–Trinajstić information content (AvgIpc) is 3.43. The van der Waals surface area contributed by atoms with E-state index in [1.165, 1.54) is 11.2 Å². The number of amides is 1. The second-order valence-corrected chi connectivity index (χ2v) is 7.93. The van der Waals surface area contributed by atoms with Gasteiger partial charge in [-0.25, -0.2) is 0 Å². The lowest BCUT2D eigenvalue weighted by Crippen LogP contribution is -2.29. The highest BCUT2D eigenvalue weighted by Crippen LogP contribution is 2.41. The summed E-state index contributed by atoms with van der Waals surface area (Å²) in [5, 5.41) is 11.3. The Morgan fingerprint density at radius 1 is 1.03 bits per heavy atom. The quantitative estimate of drug-likeness (QED) is 0.339. The number of aliphatic hydroxyl groups excluding tert-OH is 1. The molecule has 3 aromatic rings. The van der Waals surface area contributed by atoms with Gasteiger partial charge in [0.25, 0.3) is 11.7 Å². The minimum Gasteiger partial charge on any atom is -0.507 e. The van der Waals surface area contributed by atoms with Gasteiger partial charge in [-0.2, -0.15) is 0 Å². The highest BCUT2D eigenvalue weighted by Gasteiger charge is 2.47. The van der Waals surface area contributed by atoms with Crippen LogP contribution < -0.4 is 9.47 Å². The highest BCUT2D eigenvalue weighted by atomic mass is 16.5. The first-order chi connectivity index (χ1) is 15.8. The molecule has 1 saturated heterocycles. The SMILES string of the molecule is COc1ccc(CN2C(=O)C(=O)/C(=C(\O)c3cc(C)c(OC)cc3C)C2c2ccco2)cc1. The number of methoxy groups -OCH3 is 2. The molecule has 0 saturated carbocycles. The molecule has 1 unspecified atom stereocenters. The van der Waals surface area contributed by atoms with Crippen LogP contribution in [0.2, 0.25) is 0 Å². The van der Waals surface area contributed by atoms with Crippen molar-refractivity contribution < 1.29 is 28.6 Å². The van der Waals surface area contributed by atoms with Crippen LogP contribution in [0, 0.1) is 13.8 Å². The Bertz CT molecular complexity index is 1220. The van der Waals surface area contributed by atoms with Gasteiger partial charge in [-0.15, -0.1) is 0 Å². The van der Waals surface area contributed by atoms with E-state index in [-0.39, 0.29) is 17.9 Å². The monoisotopic (exact) mass is 447 g/mol. The topological polar surface area (TPSA) is 89.2 Å². The van der Waals surface area contributed by atoms with E-state index >= 15 is 0 Å². The first kappa shape index (κ1) is 22.2. The Kier molecular flexibility index (Phi) is 5.96. The predicted octanol–water partition coefficient (Wildman–Crippen LogP) is 4.54. The molecule has 2 heterocycles. The first-order valence-electron chi connectivity index (χ1n) is 10.5. The van der Waals surface area contributed by atoms with Crippen LogP contribution in [0.15, 0.2) is 64.8 Å². The number of carbonyl (C=O) groups is 2. The second-order valence-electron chi connectivity index (χ2n) is 7.93. The van der Waals surface area contributed by atoms with Crippen molar-refractivity contribution in [2.75, 3.05) is 14.2 Å². The summed E-state index contributed by atoms with van der Waals surface area (Å²) in [5.74, 6) is 0.0645. The number of Topliss-reactive ketones (excluding diaryl/α,β-unsaturated/α-hetero) is 1. The Labute approximate surface area is 191 Å². The third-order valence-electron chi connectivity index (χ3n) is 5.86. The molecular weight excluding hydrogens is 422 g/mol. The van der Waals surface area contributed by atoms with Gasteiger partial charge in [0.15, 0.2) is 0 Å². The molecular formula is C26H25NO6. The molecule has 1 aromatic heterocycles. The van der Waals surface area contributed by atoms with Crippen molar-refractivity contribution in [2.24, 2.45) is 0 Å². The molecule has 7 heteroatoms. The number of ether oxygens (including phenoxy) is 2. The lowest BCUT2D eigenvalue weighted by Gasteiger charge is -2.23. The van der Waals surface area contributed by atoms with Gasteiger partial charge in [-0.3, -0.25) is 9.59 Å². The molecule has 4 rings (SSSR count). The standard InChI is InChI=1S/C26H25NO6/c1-15-13-21(32-4)16(2)12-19(15)24(28)22-23(20-6-5-11-33-20)27(26(30)25(22)29)14-17-7-9-18(31-3)10-8-17/h5-13,23,28H,14H2,1-4H3/b24-22-. The molecule has 33 heavy (non-hydrogen) atoms. The molecule has 0 radical (unpaired) electrons. The van der Waals surface area contributed by atoms with Crippen LogP contribution in [0.1, 0.15) is 34.1 Å². The summed E-state index contributed by atoms with van der Waals surface area (Å²) in [6.07, 6.45) is 1.48. The van der Waals surface area contributed by atoms with Crippen LogP contribution in [0.5, 0.6) is 11.5 Å². The Morgan fingerprint density at radius 3 is 2.36 bits per heavy atom. The number of hydrogen-bond acceptors (Lipinski definition) is 6. The van der Waals surface area contributed by atoms with Crippen LogP contribution >= 0.6 is 0 Å². The highest BCUT2D eigenvalue weighted by molar-refractivity contribution is 6.46. The minimum absolute atomic E-state index is 0.00358. The fraction of sp³-hybridized carbons (Fsp3) is 0.231. The molecule has 0 bridgehead atoms. The summed E-state index contributed by atoms with van der Waals surface area (Å²) in [4.78, 5) is 27.6. The number of aryl methyl sites for hydroxylation is 2. The van der Waals surface area contributed by atoms with Crippen LogP contribution in [0.25, 0.3) is 5.76 Å². The van der Waals surface area contributed by atoms with Crippen LogP contribution in [0.3, 0.4) is 0 Å². The maximum atomic E-state index is 13.2. The molecule has 1 atom stereocenters. The van der Waals surface area contributed by atoms with E-state index in [1.54, 1.807) is 50.6 Å². The summed E-state index contributed by atoms with van der Waals surface area (Å²) in [5.41, 5.74) is 2.79. The van der Waals surface area contributed by atoms with E-state index in [9.17, 15) is 14.7 Å². The van der Waals surface area contributed by atoms with E-state index < -0.39 is 17.7 Å². The maximum Gasteiger partial charge on any atom is 0.296 e. The van der Waals surface area contributed by atoms with E-state index in [0.717, 1.165) is 16.7 Å². The molecule has 1 N–H and O–H groups in total. The Morgan fingerprint density at radius 2 is 1.76 bits per heavy atom. The van der Waals surface area contributed by atoms with Gasteiger partial charge in [0.2, 0.25) is 0 Å². The Balaban J connectivity index is 1.82. The number of hydrogen-bond donors (Lipinski definition) is 1. The summed E-state index contributed by atoms with van der Waals surface area (Å²) >= 11 is 0. The molecule has 1 aliphatic rings. The van der Waals surface area contributed by atoms with E-state index in [0.29, 0.717) is 22.8 Å². The predicted molar refractivity (Wildman–Crippen MR) is 122 cm³/mol. The number of benzene rings is 2. The first-order valence-corrected chi connectivity index (χ1v) is 10.5. The summed E-state index contributed by atoms with van der Waals surface area (Å²) < 4.78 is 16.1. The maximum absolute atomic E-state index is 13.2. The fourth-order valence-corrected chi connectivity index (χ4v) is 4.12. The van der Waals surface area contributed by atoms with Crippen molar-refractivity contribution in [2.45, 2.75) is 26.4 Å². The lowest BCUT2D eigenvalue weighted by atomic mass is 9.95. The number of aliphatic hydroxyl groups is 1. The third kappa shape index (κ3) is 3.98. The third-order valence-corrected chi connectivity index (χ3v) is 5.86. The van der Waals surface area contributed by atoms with Gasteiger partial charge in [0.05, 0.1) is 26.1 Å². The fourth-order valence-electron chi connectivity index (χ4n) is 4.12. The largest absolute Gasteiger partial charge is 0.507 e. The Hall–Kier alpha value is -4.00. The van der Waals surface area contributed by atoms with Crippen molar-refractivity contribution >= 4 is 17.4 Å². The number of likely N-dealkylation sites (tertiary alicyclic amines) is 1. The molecule has 0 spiro atoms. The molecule has 2 aromatic carbocycles. The van der Waals surface area contributed by atoms with Gasteiger partial charge in [0.1, 0.15) is 29.1 Å². The van der Waals surface area contributed by atoms with Crippen LogP contribution in [-0.4, -0.2) is 35.9 Å². The average molecular weight is 447 g/mol. The minimum atomic E-state index is -0.857. The van der Waals surface area contributed by atoms with E-state index in [4.69, 9.17) is 13.9 Å². The molecule has 1 fully saturated rings. The number of ketones is 1. The second kappa shape index (κ2) is 8.86. The van der Waals surface area contributed by atoms with Crippen molar-refractivity contribution in [3.8, 4) is 11.5 Å². The molecule has 0 aliphatic carbocycles. The number of furan rings is 1. The van der Waals surface area contributed by atoms with Gasteiger partial charge < -0.3 is 23.9 Å². The van der Waals surface area contributed by atoms with Crippen molar-refractivity contribution in [1.82, 2.24) is 4.90 Å². The molecule has 1 amide bonds.